The lowest BCUT2D eigenvalue weighted by atomic mass is 10.0. The second kappa shape index (κ2) is 8.34. The highest BCUT2D eigenvalue weighted by atomic mass is 16.3. The van der Waals surface area contributed by atoms with Crippen molar-refractivity contribution >= 4 is 71.1 Å². The zero-order valence-corrected chi connectivity index (χ0v) is 23.0. The molecule has 0 fully saturated rings. The molecule has 0 aliphatic carbocycles. The summed E-state index contributed by atoms with van der Waals surface area (Å²) in [5.41, 5.74) is 9.64. The van der Waals surface area contributed by atoms with Crippen molar-refractivity contribution in [1.29, 1.82) is 0 Å². The summed E-state index contributed by atoms with van der Waals surface area (Å²) >= 11 is 0. The summed E-state index contributed by atoms with van der Waals surface area (Å²) < 4.78 is 10.8. The molecule has 0 aliphatic rings. The standard InChI is InChI=1S/C39H23N3O/c1-2-13-30-26(9-1)27-10-3-7-15-34(27)42-36(23-40-39(30)42)24-17-19-35-31(21-24)28-11-4-6-14-33(28)41(35)25-18-20-38-32(22-25)29-12-5-8-16-37(29)43-38/h1-23H. The summed E-state index contributed by atoms with van der Waals surface area (Å²) in [6.45, 7) is 0. The van der Waals surface area contributed by atoms with Crippen molar-refractivity contribution in [3.05, 3.63) is 140 Å². The number of hydrogen-bond donors (Lipinski definition) is 0. The number of pyridine rings is 1. The van der Waals surface area contributed by atoms with E-state index < -0.39 is 0 Å². The molecule has 10 aromatic rings. The molecule has 4 heterocycles. The van der Waals surface area contributed by atoms with Crippen LogP contribution in [0.5, 0.6) is 0 Å². The van der Waals surface area contributed by atoms with Crippen molar-refractivity contribution in [3.8, 4) is 16.9 Å². The Kier molecular flexibility index (Phi) is 4.42. The first-order chi connectivity index (χ1) is 21.3. The largest absolute Gasteiger partial charge is 0.456 e. The van der Waals surface area contributed by atoms with Crippen LogP contribution in [0.25, 0.3) is 88.0 Å². The van der Waals surface area contributed by atoms with Gasteiger partial charge in [-0.3, -0.25) is 4.40 Å². The SMILES string of the molecule is c1ccc2c(c1)oc1ccc(-n3c4ccccc4c4cc(-c5cnc6c7ccccc7c7ccccc7n56)ccc43)cc12. The lowest BCUT2D eigenvalue weighted by Crippen LogP contribution is -1.94. The van der Waals surface area contributed by atoms with Crippen LogP contribution in [-0.2, 0) is 0 Å². The number of para-hydroxylation sites is 3. The number of rotatable bonds is 2. The molecule has 10 rings (SSSR count). The summed E-state index contributed by atoms with van der Waals surface area (Å²) in [6.07, 6.45) is 2.02. The Morgan fingerprint density at radius 1 is 0.465 bits per heavy atom. The van der Waals surface area contributed by atoms with Crippen LogP contribution in [0.15, 0.2) is 144 Å². The van der Waals surface area contributed by atoms with E-state index in [1.165, 1.54) is 32.6 Å². The maximum atomic E-state index is 6.13. The summed E-state index contributed by atoms with van der Waals surface area (Å²) in [5.74, 6) is 0. The highest BCUT2D eigenvalue weighted by Crippen LogP contribution is 2.38. The van der Waals surface area contributed by atoms with Crippen LogP contribution in [0.2, 0.25) is 0 Å². The predicted molar refractivity (Wildman–Crippen MR) is 177 cm³/mol. The number of furan rings is 1. The van der Waals surface area contributed by atoms with E-state index in [4.69, 9.17) is 9.40 Å². The minimum absolute atomic E-state index is 0.903. The fourth-order valence-corrected chi connectivity index (χ4v) is 7.06. The van der Waals surface area contributed by atoms with Gasteiger partial charge < -0.3 is 8.98 Å². The van der Waals surface area contributed by atoms with Crippen LogP contribution >= 0.6 is 0 Å². The van der Waals surface area contributed by atoms with Crippen LogP contribution < -0.4 is 0 Å². The summed E-state index contributed by atoms with van der Waals surface area (Å²) in [4.78, 5) is 4.97. The summed E-state index contributed by atoms with van der Waals surface area (Å²) in [6, 6.07) is 47.4. The van der Waals surface area contributed by atoms with Gasteiger partial charge in [0.1, 0.15) is 16.8 Å². The average Bonchev–Trinajstić information content (AvgIpc) is 3.77. The van der Waals surface area contributed by atoms with Crippen molar-refractivity contribution in [3.63, 3.8) is 0 Å². The molecule has 0 saturated carbocycles. The average molecular weight is 550 g/mol. The molecule has 0 N–H and O–H groups in total. The number of aromatic nitrogens is 3. The van der Waals surface area contributed by atoms with Crippen LogP contribution in [0.4, 0.5) is 0 Å². The van der Waals surface area contributed by atoms with Gasteiger partial charge in [-0.1, -0.05) is 84.9 Å². The molecule has 43 heavy (non-hydrogen) atoms. The summed E-state index contributed by atoms with van der Waals surface area (Å²) in [5, 5.41) is 8.31. The number of fused-ring (bicyclic) bond motifs is 12. The third-order valence-corrected chi connectivity index (χ3v) is 8.95. The lowest BCUT2D eigenvalue weighted by molar-refractivity contribution is 0.669. The van der Waals surface area contributed by atoms with E-state index in [1.807, 2.05) is 18.3 Å². The van der Waals surface area contributed by atoms with Crippen LogP contribution in [0.1, 0.15) is 0 Å². The van der Waals surface area contributed by atoms with Crippen molar-refractivity contribution < 1.29 is 4.42 Å². The monoisotopic (exact) mass is 549 g/mol. The number of benzene rings is 6. The minimum atomic E-state index is 0.903. The maximum Gasteiger partial charge on any atom is 0.145 e. The van der Waals surface area contributed by atoms with E-state index in [1.54, 1.807) is 0 Å². The Bertz CT molecular complexity index is 2740. The van der Waals surface area contributed by atoms with E-state index in [2.05, 4.69) is 130 Å². The second-order valence-corrected chi connectivity index (χ2v) is 11.2. The molecule has 4 aromatic heterocycles. The van der Waals surface area contributed by atoms with Gasteiger partial charge in [-0.15, -0.1) is 0 Å². The van der Waals surface area contributed by atoms with Crippen LogP contribution in [0.3, 0.4) is 0 Å². The first-order valence-corrected chi connectivity index (χ1v) is 14.6. The Balaban J connectivity index is 1.25. The molecule has 0 bridgehead atoms. The molecule has 4 nitrogen and oxygen atoms in total. The first-order valence-electron chi connectivity index (χ1n) is 14.6. The zero-order valence-electron chi connectivity index (χ0n) is 23.0. The molecule has 0 saturated heterocycles. The molecule has 6 aromatic carbocycles. The van der Waals surface area contributed by atoms with Gasteiger partial charge in [-0.2, -0.15) is 0 Å². The Hall–Kier alpha value is -5.87. The normalized spacial score (nSPS) is 12.2. The van der Waals surface area contributed by atoms with Gasteiger partial charge >= 0.3 is 0 Å². The fraction of sp³-hybridized carbons (Fsp3) is 0. The topological polar surface area (TPSA) is 35.4 Å². The minimum Gasteiger partial charge on any atom is -0.456 e. The van der Waals surface area contributed by atoms with Gasteiger partial charge in [0.25, 0.3) is 0 Å². The highest BCUT2D eigenvalue weighted by Gasteiger charge is 2.18. The molecule has 0 radical (unpaired) electrons. The quantitative estimate of drug-likeness (QED) is 0.201. The first kappa shape index (κ1) is 22.8. The van der Waals surface area contributed by atoms with E-state index in [-0.39, 0.29) is 0 Å². The maximum absolute atomic E-state index is 6.13. The summed E-state index contributed by atoms with van der Waals surface area (Å²) in [7, 11) is 0. The molecule has 0 unspecified atom stereocenters. The number of nitrogens with zero attached hydrogens (tertiary/aromatic N) is 3. The molecule has 0 spiro atoms. The van der Waals surface area contributed by atoms with Gasteiger partial charge in [0.05, 0.1) is 28.4 Å². The third kappa shape index (κ3) is 3.07. The lowest BCUT2D eigenvalue weighted by Gasteiger charge is -2.11. The fourth-order valence-electron chi connectivity index (χ4n) is 7.06. The predicted octanol–water partition coefficient (Wildman–Crippen LogP) is 10.3. The van der Waals surface area contributed by atoms with E-state index >= 15 is 0 Å². The van der Waals surface area contributed by atoms with Crippen molar-refractivity contribution in [1.82, 2.24) is 14.0 Å². The van der Waals surface area contributed by atoms with E-state index in [0.29, 0.717) is 0 Å². The van der Waals surface area contributed by atoms with Crippen molar-refractivity contribution in [2.24, 2.45) is 0 Å². The molecule has 0 aliphatic heterocycles. The number of imidazole rings is 1. The highest BCUT2D eigenvalue weighted by molar-refractivity contribution is 6.14. The van der Waals surface area contributed by atoms with Gasteiger partial charge in [0.2, 0.25) is 0 Å². The smallest absolute Gasteiger partial charge is 0.145 e. The van der Waals surface area contributed by atoms with Gasteiger partial charge in [-0.05, 0) is 53.9 Å². The molecular formula is C39H23N3O. The second-order valence-electron chi connectivity index (χ2n) is 11.2. The third-order valence-electron chi connectivity index (χ3n) is 8.95. The molecule has 0 atom stereocenters. The Morgan fingerprint density at radius 2 is 1.12 bits per heavy atom. The molecule has 4 heteroatoms. The van der Waals surface area contributed by atoms with Gasteiger partial charge in [0, 0.05) is 43.6 Å². The zero-order chi connectivity index (χ0) is 28.1. The molecular weight excluding hydrogens is 526 g/mol. The molecule has 200 valence electrons. The Labute approximate surface area is 245 Å². The van der Waals surface area contributed by atoms with E-state index in [9.17, 15) is 0 Å². The van der Waals surface area contributed by atoms with Gasteiger partial charge in [-0.25, -0.2) is 4.98 Å². The molecule has 0 amide bonds. The Morgan fingerprint density at radius 3 is 1.98 bits per heavy atom. The van der Waals surface area contributed by atoms with Gasteiger partial charge in [0.15, 0.2) is 0 Å². The van der Waals surface area contributed by atoms with Crippen LogP contribution in [-0.4, -0.2) is 14.0 Å². The van der Waals surface area contributed by atoms with E-state index in [0.717, 1.165) is 55.4 Å². The van der Waals surface area contributed by atoms with Crippen molar-refractivity contribution in [2.75, 3.05) is 0 Å². The van der Waals surface area contributed by atoms with Crippen molar-refractivity contribution in [2.45, 2.75) is 0 Å². The van der Waals surface area contributed by atoms with Crippen LogP contribution in [0, 0.1) is 0 Å². The number of hydrogen-bond acceptors (Lipinski definition) is 2.